The Morgan fingerprint density at radius 1 is 1.35 bits per heavy atom. The maximum Gasteiger partial charge on any atom is 0.319 e. The van der Waals surface area contributed by atoms with E-state index in [0.717, 1.165) is 11.3 Å². The van der Waals surface area contributed by atoms with Gasteiger partial charge >= 0.3 is 6.03 Å². The van der Waals surface area contributed by atoms with Crippen LogP contribution in [-0.4, -0.2) is 20.9 Å². The van der Waals surface area contributed by atoms with E-state index in [1.165, 1.54) is 0 Å². The van der Waals surface area contributed by atoms with Crippen molar-refractivity contribution < 1.29 is 9.90 Å². The highest BCUT2D eigenvalue weighted by atomic mass is 16.3. The minimum atomic E-state index is -0.511. The van der Waals surface area contributed by atoms with Crippen LogP contribution in [-0.2, 0) is 13.6 Å². The number of carbonyl (C=O) groups is 1. The lowest BCUT2D eigenvalue weighted by Gasteiger charge is -2.09. The molecule has 1 atom stereocenters. The van der Waals surface area contributed by atoms with Crippen LogP contribution in [0.2, 0.25) is 0 Å². The van der Waals surface area contributed by atoms with Crippen molar-refractivity contribution in [3.8, 4) is 0 Å². The van der Waals surface area contributed by atoms with Crippen LogP contribution in [0.15, 0.2) is 36.5 Å². The Morgan fingerprint density at radius 3 is 2.60 bits per heavy atom. The number of hydrogen-bond acceptors (Lipinski definition) is 3. The number of urea groups is 1. The van der Waals surface area contributed by atoms with Gasteiger partial charge in [-0.1, -0.05) is 12.1 Å². The Morgan fingerprint density at radius 2 is 2.05 bits per heavy atom. The first-order chi connectivity index (χ1) is 9.56. The summed E-state index contributed by atoms with van der Waals surface area (Å²) in [6.45, 7) is 2.11. The largest absolute Gasteiger partial charge is 0.389 e. The number of anilines is 1. The Balaban J connectivity index is 1.86. The van der Waals surface area contributed by atoms with Crippen molar-refractivity contribution in [2.45, 2.75) is 19.6 Å². The molecule has 3 N–H and O–H groups in total. The third-order valence-corrected chi connectivity index (χ3v) is 3.00. The van der Waals surface area contributed by atoms with Crippen molar-refractivity contribution in [1.82, 2.24) is 15.1 Å². The van der Waals surface area contributed by atoms with Gasteiger partial charge in [0.05, 0.1) is 18.3 Å². The maximum atomic E-state index is 11.7. The van der Waals surface area contributed by atoms with Crippen molar-refractivity contribution in [1.29, 1.82) is 0 Å². The second-order valence-electron chi connectivity index (χ2n) is 4.55. The number of aryl methyl sites for hydroxylation is 1. The zero-order valence-corrected chi connectivity index (χ0v) is 11.5. The van der Waals surface area contributed by atoms with Gasteiger partial charge in [0.2, 0.25) is 0 Å². The van der Waals surface area contributed by atoms with Gasteiger partial charge < -0.3 is 15.7 Å². The lowest BCUT2D eigenvalue weighted by molar-refractivity contribution is 0.199. The summed E-state index contributed by atoms with van der Waals surface area (Å²) >= 11 is 0. The standard InChI is InChI=1S/C14H18N4O2/c1-10(19)11-3-5-12(6-4-11)17-14(20)15-9-13-7-8-16-18(13)2/h3-8,10,19H,9H2,1-2H3,(H2,15,17,20). The number of aromatic nitrogens is 2. The van der Waals surface area contributed by atoms with Gasteiger partial charge in [0.15, 0.2) is 0 Å². The number of benzene rings is 1. The summed E-state index contributed by atoms with van der Waals surface area (Å²) in [4.78, 5) is 11.7. The number of hydrogen-bond donors (Lipinski definition) is 3. The SMILES string of the molecule is CC(O)c1ccc(NC(=O)NCc2ccnn2C)cc1. The second kappa shape index (κ2) is 6.21. The molecule has 0 saturated heterocycles. The van der Waals surface area contributed by atoms with E-state index < -0.39 is 6.10 Å². The number of aliphatic hydroxyl groups excluding tert-OH is 1. The second-order valence-corrected chi connectivity index (χ2v) is 4.55. The minimum absolute atomic E-state index is 0.281. The molecule has 6 nitrogen and oxygen atoms in total. The molecule has 2 rings (SSSR count). The van der Waals surface area contributed by atoms with E-state index in [1.807, 2.05) is 13.1 Å². The van der Waals surface area contributed by atoms with Crippen LogP contribution in [0.25, 0.3) is 0 Å². The van der Waals surface area contributed by atoms with E-state index in [9.17, 15) is 9.90 Å². The van der Waals surface area contributed by atoms with Crippen LogP contribution >= 0.6 is 0 Å². The topological polar surface area (TPSA) is 79.2 Å². The molecule has 0 aliphatic heterocycles. The molecular weight excluding hydrogens is 256 g/mol. The summed E-state index contributed by atoms with van der Waals surface area (Å²) in [6, 6.07) is 8.63. The molecule has 6 heteroatoms. The molecule has 0 aliphatic carbocycles. The fraction of sp³-hybridized carbons (Fsp3) is 0.286. The highest BCUT2D eigenvalue weighted by Gasteiger charge is 2.05. The van der Waals surface area contributed by atoms with Crippen molar-refractivity contribution in [2.75, 3.05) is 5.32 Å². The molecule has 0 bridgehead atoms. The van der Waals surface area contributed by atoms with Gasteiger partial charge in [-0.2, -0.15) is 5.10 Å². The fourth-order valence-electron chi connectivity index (χ4n) is 1.77. The lowest BCUT2D eigenvalue weighted by Crippen LogP contribution is -2.28. The highest BCUT2D eigenvalue weighted by molar-refractivity contribution is 5.89. The van der Waals surface area contributed by atoms with Gasteiger partial charge in [-0.3, -0.25) is 4.68 Å². The summed E-state index contributed by atoms with van der Waals surface area (Å²) in [6.07, 6.45) is 1.17. The molecule has 0 spiro atoms. The molecule has 1 heterocycles. The molecular formula is C14H18N4O2. The Bertz CT molecular complexity index is 575. The number of aliphatic hydroxyl groups is 1. The van der Waals surface area contributed by atoms with E-state index in [2.05, 4.69) is 15.7 Å². The average Bonchev–Trinajstić information content (AvgIpc) is 2.82. The monoisotopic (exact) mass is 274 g/mol. The van der Waals surface area contributed by atoms with Crippen LogP contribution in [0.3, 0.4) is 0 Å². The third kappa shape index (κ3) is 3.58. The molecule has 2 aromatic rings. The van der Waals surface area contributed by atoms with E-state index in [4.69, 9.17) is 0 Å². The van der Waals surface area contributed by atoms with E-state index in [0.29, 0.717) is 12.2 Å². The van der Waals surface area contributed by atoms with Crippen molar-refractivity contribution in [3.05, 3.63) is 47.8 Å². The zero-order valence-electron chi connectivity index (χ0n) is 11.5. The molecule has 0 radical (unpaired) electrons. The van der Waals surface area contributed by atoms with Crippen LogP contribution in [0.5, 0.6) is 0 Å². The van der Waals surface area contributed by atoms with E-state index in [1.54, 1.807) is 42.1 Å². The van der Waals surface area contributed by atoms with Gasteiger partial charge in [-0.15, -0.1) is 0 Å². The first-order valence-corrected chi connectivity index (χ1v) is 6.36. The quantitative estimate of drug-likeness (QED) is 0.795. The summed E-state index contributed by atoms with van der Waals surface area (Å²) in [5.74, 6) is 0. The molecule has 1 aromatic heterocycles. The zero-order chi connectivity index (χ0) is 14.5. The van der Waals surface area contributed by atoms with Crippen molar-refractivity contribution >= 4 is 11.7 Å². The summed E-state index contributed by atoms with van der Waals surface area (Å²) in [5, 5.41) is 18.9. The van der Waals surface area contributed by atoms with Crippen LogP contribution in [0.1, 0.15) is 24.3 Å². The lowest BCUT2D eigenvalue weighted by atomic mass is 10.1. The molecule has 106 valence electrons. The third-order valence-electron chi connectivity index (χ3n) is 3.00. The van der Waals surface area contributed by atoms with Gasteiger partial charge in [-0.05, 0) is 30.7 Å². The Kier molecular flexibility index (Phi) is 4.37. The minimum Gasteiger partial charge on any atom is -0.389 e. The number of nitrogens with zero attached hydrogens (tertiary/aromatic N) is 2. The van der Waals surface area contributed by atoms with Crippen LogP contribution in [0.4, 0.5) is 10.5 Å². The van der Waals surface area contributed by atoms with Crippen molar-refractivity contribution in [2.24, 2.45) is 7.05 Å². The predicted molar refractivity (Wildman–Crippen MR) is 76.1 cm³/mol. The molecule has 1 aromatic carbocycles. The molecule has 0 aliphatic rings. The Labute approximate surface area is 117 Å². The average molecular weight is 274 g/mol. The fourth-order valence-corrected chi connectivity index (χ4v) is 1.77. The number of nitrogens with one attached hydrogen (secondary N) is 2. The molecule has 1 unspecified atom stereocenters. The molecule has 20 heavy (non-hydrogen) atoms. The summed E-state index contributed by atoms with van der Waals surface area (Å²) in [5.41, 5.74) is 2.41. The summed E-state index contributed by atoms with van der Waals surface area (Å²) < 4.78 is 1.71. The number of rotatable bonds is 4. The smallest absolute Gasteiger partial charge is 0.319 e. The van der Waals surface area contributed by atoms with Crippen molar-refractivity contribution in [3.63, 3.8) is 0 Å². The maximum absolute atomic E-state index is 11.7. The number of carbonyl (C=O) groups excluding carboxylic acids is 1. The first-order valence-electron chi connectivity index (χ1n) is 6.36. The van der Waals surface area contributed by atoms with Gasteiger partial charge in [0.1, 0.15) is 0 Å². The Hall–Kier alpha value is -2.34. The number of amides is 2. The van der Waals surface area contributed by atoms with E-state index in [-0.39, 0.29) is 6.03 Å². The van der Waals surface area contributed by atoms with Gasteiger partial charge in [0, 0.05) is 18.9 Å². The molecule has 0 saturated carbocycles. The van der Waals surface area contributed by atoms with E-state index >= 15 is 0 Å². The predicted octanol–water partition coefficient (Wildman–Crippen LogP) is 1.80. The molecule has 2 amide bonds. The first kappa shape index (κ1) is 14.1. The summed E-state index contributed by atoms with van der Waals surface area (Å²) in [7, 11) is 1.82. The van der Waals surface area contributed by atoms with Gasteiger partial charge in [-0.25, -0.2) is 4.79 Å². The van der Waals surface area contributed by atoms with Crippen LogP contribution in [0, 0.1) is 0 Å². The highest BCUT2D eigenvalue weighted by Crippen LogP contribution is 2.15. The van der Waals surface area contributed by atoms with Gasteiger partial charge in [0.25, 0.3) is 0 Å². The molecule has 0 fully saturated rings. The van der Waals surface area contributed by atoms with Crippen LogP contribution < -0.4 is 10.6 Å². The normalized spacial score (nSPS) is 11.9.